The summed E-state index contributed by atoms with van der Waals surface area (Å²) < 4.78 is 4.90. The molecule has 0 N–H and O–H groups in total. The fraction of sp³-hybridized carbons (Fsp3) is 0.667. The quantitative estimate of drug-likeness (QED) is 0.479. The molecule has 0 aliphatic rings. The Bertz CT molecular complexity index is 57.2. The predicted octanol–water partition coefficient (Wildman–Crippen LogP) is 1.60. The van der Waals surface area contributed by atoms with Crippen molar-refractivity contribution in [3.05, 3.63) is 12.2 Å². The Hall–Kier alpha value is -0.300. The van der Waals surface area contributed by atoms with Gasteiger partial charge < -0.3 is 4.74 Å². The average molecular weight is 100 g/mol. The average Bonchev–Trinajstić information content (AvgIpc) is 1.68. The van der Waals surface area contributed by atoms with Gasteiger partial charge >= 0.3 is 0 Å². The smallest absolute Gasteiger partial charge is 0.0723 e. The van der Waals surface area contributed by atoms with Crippen molar-refractivity contribution in [1.82, 2.24) is 0 Å². The molecule has 1 atom stereocenters. The Morgan fingerprint density at radius 1 is 1.57 bits per heavy atom. The third-order valence-corrected chi connectivity index (χ3v) is 0.835. The SMILES string of the molecule is CC=C[C@H](C)OC. The maximum Gasteiger partial charge on any atom is 0.0723 e. The van der Waals surface area contributed by atoms with Gasteiger partial charge in [-0.15, -0.1) is 0 Å². The van der Waals surface area contributed by atoms with Crippen molar-refractivity contribution >= 4 is 0 Å². The largest absolute Gasteiger partial charge is 0.378 e. The van der Waals surface area contributed by atoms with E-state index in [2.05, 4.69) is 0 Å². The van der Waals surface area contributed by atoms with E-state index in [1.807, 2.05) is 26.0 Å². The summed E-state index contributed by atoms with van der Waals surface area (Å²) in [6, 6.07) is 0. The second kappa shape index (κ2) is 3.88. The van der Waals surface area contributed by atoms with Crippen molar-refractivity contribution in [2.24, 2.45) is 0 Å². The van der Waals surface area contributed by atoms with Crippen LogP contribution in [0.1, 0.15) is 13.8 Å². The molecule has 0 spiro atoms. The molecule has 0 aromatic heterocycles. The van der Waals surface area contributed by atoms with E-state index in [4.69, 9.17) is 4.74 Å². The summed E-state index contributed by atoms with van der Waals surface area (Å²) in [6.07, 6.45) is 4.25. The van der Waals surface area contributed by atoms with Gasteiger partial charge in [0.2, 0.25) is 0 Å². The van der Waals surface area contributed by atoms with Gasteiger partial charge in [-0.25, -0.2) is 0 Å². The maximum atomic E-state index is 4.90. The van der Waals surface area contributed by atoms with Gasteiger partial charge in [-0.1, -0.05) is 12.2 Å². The van der Waals surface area contributed by atoms with E-state index in [0.717, 1.165) is 0 Å². The highest BCUT2D eigenvalue weighted by atomic mass is 16.5. The van der Waals surface area contributed by atoms with E-state index in [9.17, 15) is 0 Å². The molecular weight excluding hydrogens is 88.1 g/mol. The van der Waals surface area contributed by atoms with E-state index in [1.54, 1.807) is 7.11 Å². The van der Waals surface area contributed by atoms with Gasteiger partial charge in [0.1, 0.15) is 0 Å². The number of rotatable bonds is 2. The van der Waals surface area contributed by atoms with Crippen LogP contribution in [0.25, 0.3) is 0 Å². The van der Waals surface area contributed by atoms with Crippen LogP contribution in [0, 0.1) is 0 Å². The molecule has 0 aromatic carbocycles. The lowest BCUT2D eigenvalue weighted by Crippen LogP contribution is -1.97. The lowest BCUT2D eigenvalue weighted by atomic mass is 10.4. The molecule has 0 heterocycles. The lowest BCUT2D eigenvalue weighted by molar-refractivity contribution is 0.156. The summed E-state index contributed by atoms with van der Waals surface area (Å²) >= 11 is 0. The van der Waals surface area contributed by atoms with Crippen LogP contribution in [0.4, 0.5) is 0 Å². The van der Waals surface area contributed by atoms with Gasteiger partial charge in [-0.3, -0.25) is 0 Å². The Morgan fingerprint density at radius 3 is 2.29 bits per heavy atom. The first-order valence-electron chi connectivity index (χ1n) is 2.47. The summed E-state index contributed by atoms with van der Waals surface area (Å²) in [5.74, 6) is 0. The predicted molar refractivity (Wildman–Crippen MR) is 31.3 cm³/mol. The first kappa shape index (κ1) is 6.70. The lowest BCUT2D eigenvalue weighted by Gasteiger charge is -1.98. The minimum absolute atomic E-state index is 0.269. The molecule has 1 heteroatoms. The summed E-state index contributed by atoms with van der Waals surface area (Å²) in [6.45, 7) is 3.98. The highest BCUT2D eigenvalue weighted by Gasteiger charge is 1.85. The van der Waals surface area contributed by atoms with Crippen molar-refractivity contribution in [2.75, 3.05) is 7.11 Å². The van der Waals surface area contributed by atoms with Crippen molar-refractivity contribution in [3.8, 4) is 0 Å². The van der Waals surface area contributed by atoms with E-state index in [0.29, 0.717) is 0 Å². The van der Waals surface area contributed by atoms with Crippen LogP contribution in [-0.2, 0) is 4.74 Å². The van der Waals surface area contributed by atoms with Gasteiger partial charge in [0.15, 0.2) is 0 Å². The molecule has 0 radical (unpaired) electrons. The number of ether oxygens (including phenoxy) is 1. The minimum Gasteiger partial charge on any atom is -0.378 e. The molecule has 0 saturated carbocycles. The topological polar surface area (TPSA) is 9.23 Å². The molecule has 1 nitrogen and oxygen atoms in total. The van der Waals surface area contributed by atoms with Gasteiger partial charge in [-0.2, -0.15) is 0 Å². The molecule has 0 unspecified atom stereocenters. The van der Waals surface area contributed by atoms with Crippen LogP contribution in [0.15, 0.2) is 12.2 Å². The van der Waals surface area contributed by atoms with Crippen molar-refractivity contribution in [3.63, 3.8) is 0 Å². The van der Waals surface area contributed by atoms with Gasteiger partial charge in [0.05, 0.1) is 6.10 Å². The standard InChI is InChI=1S/C6H12O/c1-4-5-6(2)7-3/h4-6H,1-3H3/t6-/m0/s1. The number of allylic oxidation sites excluding steroid dienone is 1. The molecule has 7 heavy (non-hydrogen) atoms. The first-order chi connectivity index (χ1) is 3.31. The zero-order valence-corrected chi connectivity index (χ0v) is 5.14. The molecule has 0 amide bonds. The second-order valence-electron chi connectivity index (χ2n) is 1.47. The summed E-state index contributed by atoms with van der Waals surface area (Å²) in [5.41, 5.74) is 0. The molecule has 0 bridgehead atoms. The number of methoxy groups -OCH3 is 1. The number of hydrogen-bond acceptors (Lipinski definition) is 1. The van der Waals surface area contributed by atoms with Crippen molar-refractivity contribution < 1.29 is 4.74 Å². The normalized spacial score (nSPS) is 15.3. The van der Waals surface area contributed by atoms with Crippen molar-refractivity contribution in [1.29, 1.82) is 0 Å². The van der Waals surface area contributed by atoms with Gasteiger partial charge in [-0.05, 0) is 13.8 Å². The fourth-order valence-corrected chi connectivity index (χ4v) is 0.350. The first-order valence-corrected chi connectivity index (χ1v) is 2.47. The minimum atomic E-state index is 0.269. The van der Waals surface area contributed by atoms with Crippen molar-refractivity contribution in [2.45, 2.75) is 20.0 Å². The van der Waals surface area contributed by atoms with Crippen LogP contribution in [0.5, 0.6) is 0 Å². The van der Waals surface area contributed by atoms with Gasteiger partial charge in [0.25, 0.3) is 0 Å². The zero-order chi connectivity index (χ0) is 5.70. The highest BCUT2D eigenvalue weighted by Crippen LogP contribution is 1.86. The van der Waals surface area contributed by atoms with E-state index in [1.165, 1.54) is 0 Å². The zero-order valence-electron chi connectivity index (χ0n) is 5.14. The molecule has 0 aliphatic heterocycles. The Balaban J connectivity index is 3.16. The Kier molecular flexibility index (Phi) is 3.71. The monoisotopic (exact) mass is 100 g/mol. The Labute approximate surface area is 45.0 Å². The number of hydrogen-bond donors (Lipinski definition) is 0. The third kappa shape index (κ3) is 3.53. The molecule has 0 fully saturated rings. The summed E-state index contributed by atoms with van der Waals surface area (Å²) in [7, 11) is 1.70. The highest BCUT2D eigenvalue weighted by molar-refractivity contribution is 4.82. The fourth-order valence-electron chi connectivity index (χ4n) is 0.350. The van der Waals surface area contributed by atoms with Crippen LogP contribution in [0.2, 0.25) is 0 Å². The maximum absolute atomic E-state index is 4.90. The Morgan fingerprint density at radius 2 is 2.14 bits per heavy atom. The summed E-state index contributed by atoms with van der Waals surface area (Å²) in [5, 5.41) is 0. The molecule has 0 rings (SSSR count). The van der Waals surface area contributed by atoms with Crippen LogP contribution in [0.3, 0.4) is 0 Å². The molecule has 42 valence electrons. The van der Waals surface area contributed by atoms with Gasteiger partial charge in [0, 0.05) is 7.11 Å². The van der Waals surface area contributed by atoms with E-state index in [-0.39, 0.29) is 6.10 Å². The molecule has 0 aliphatic carbocycles. The van der Waals surface area contributed by atoms with Crippen LogP contribution in [-0.4, -0.2) is 13.2 Å². The third-order valence-electron chi connectivity index (χ3n) is 0.835. The van der Waals surface area contributed by atoms with Crippen LogP contribution >= 0.6 is 0 Å². The van der Waals surface area contributed by atoms with Crippen LogP contribution < -0.4 is 0 Å². The second-order valence-corrected chi connectivity index (χ2v) is 1.47. The van der Waals surface area contributed by atoms with E-state index >= 15 is 0 Å². The van der Waals surface area contributed by atoms with E-state index < -0.39 is 0 Å². The molecule has 0 saturated heterocycles. The summed E-state index contributed by atoms with van der Waals surface area (Å²) in [4.78, 5) is 0. The molecule has 0 aromatic rings. The molecular formula is C6H12O.